The average molecular weight is 352 g/mol. The number of nitrogens with zero attached hydrogens (tertiary/aromatic N) is 4. The van der Waals surface area contributed by atoms with E-state index in [-0.39, 0.29) is 5.56 Å². The maximum atomic E-state index is 12.3. The van der Waals surface area contributed by atoms with E-state index < -0.39 is 0 Å². The number of pyridine rings is 1. The maximum Gasteiger partial charge on any atom is 0.266 e. The molecule has 0 aromatic carbocycles. The molecule has 3 heterocycles. The summed E-state index contributed by atoms with van der Waals surface area (Å²) in [7, 11) is 0. The molecule has 0 spiro atoms. The third-order valence-electron chi connectivity index (χ3n) is 6.01. The summed E-state index contributed by atoms with van der Waals surface area (Å²) in [6.45, 7) is 3.08. The maximum absolute atomic E-state index is 12.3. The highest BCUT2D eigenvalue weighted by molar-refractivity contribution is 5.56. The molecule has 1 saturated heterocycles. The van der Waals surface area contributed by atoms with Crippen LogP contribution in [0.4, 0.5) is 0 Å². The molecule has 26 heavy (non-hydrogen) atoms. The molecule has 0 unspecified atom stereocenters. The first-order valence-electron chi connectivity index (χ1n) is 10.0. The molecule has 5 heteroatoms. The van der Waals surface area contributed by atoms with Crippen molar-refractivity contribution in [2.24, 2.45) is 5.92 Å². The Morgan fingerprint density at radius 1 is 0.923 bits per heavy atom. The fraction of sp³-hybridized carbons (Fsp3) is 0.571. The zero-order valence-corrected chi connectivity index (χ0v) is 15.4. The molecule has 2 aromatic rings. The van der Waals surface area contributed by atoms with Gasteiger partial charge in [0, 0.05) is 36.6 Å². The predicted molar refractivity (Wildman–Crippen MR) is 103 cm³/mol. The van der Waals surface area contributed by atoms with Crippen LogP contribution >= 0.6 is 0 Å². The van der Waals surface area contributed by atoms with Crippen molar-refractivity contribution in [3.8, 4) is 11.3 Å². The number of hydrogen-bond acceptors (Lipinski definition) is 4. The van der Waals surface area contributed by atoms with Crippen LogP contribution in [0.5, 0.6) is 0 Å². The lowest BCUT2D eigenvalue weighted by Gasteiger charge is -2.39. The molecule has 2 fully saturated rings. The van der Waals surface area contributed by atoms with Crippen LogP contribution in [-0.2, 0) is 6.54 Å². The Labute approximate surface area is 155 Å². The summed E-state index contributed by atoms with van der Waals surface area (Å²) in [5.74, 6) is 0.549. The van der Waals surface area contributed by atoms with Crippen molar-refractivity contribution < 1.29 is 0 Å². The summed E-state index contributed by atoms with van der Waals surface area (Å²) >= 11 is 0. The molecule has 138 valence electrons. The van der Waals surface area contributed by atoms with Crippen LogP contribution < -0.4 is 5.56 Å². The lowest BCUT2D eigenvalue weighted by molar-refractivity contribution is 0.100. The van der Waals surface area contributed by atoms with Crippen molar-refractivity contribution in [2.75, 3.05) is 13.1 Å². The fourth-order valence-corrected chi connectivity index (χ4v) is 4.45. The monoisotopic (exact) mass is 352 g/mol. The second-order valence-electron chi connectivity index (χ2n) is 7.75. The molecule has 0 N–H and O–H groups in total. The Kier molecular flexibility index (Phi) is 5.44. The van der Waals surface area contributed by atoms with Crippen molar-refractivity contribution in [3.63, 3.8) is 0 Å². The zero-order chi connectivity index (χ0) is 17.8. The van der Waals surface area contributed by atoms with Crippen molar-refractivity contribution in [3.05, 3.63) is 47.0 Å². The standard InChI is InChI=1S/C21H28N4O/c26-21-7-6-20(18-8-12-22-13-9-18)23-25(21)16-17-10-14-24(15-11-17)19-4-2-1-3-5-19/h6-9,12-13,17,19H,1-5,10-11,14-16H2. The third kappa shape index (κ3) is 4.04. The van der Waals surface area contributed by atoms with E-state index in [1.54, 1.807) is 29.2 Å². The quantitative estimate of drug-likeness (QED) is 0.847. The Bertz CT molecular complexity index is 759. The minimum Gasteiger partial charge on any atom is -0.300 e. The van der Waals surface area contributed by atoms with Gasteiger partial charge >= 0.3 is 0 Å². The van der Waals surface area contributed by atoms with Gasteiger partial charge in [-0.1, -0.05) is 19.3 Å². The summed E-state index contributed by atoms with van der Waals surface area (Å²) in [6.07, 6.45) is 12.8. The van der Waals surface area contributed by atoms with Gasteiger partial charge in [-0.05, 0) is 62.9 Å². The number of piperidine rings is 1. The van der Waals surface area contributed by atoms with E-state index in [0.717, 1.165) is 23.8 Å². The van der Waals surface area contributed by atoms with Gasteiger partial charge in [-0.15, -0.1) is 0 Å². The van der Waals surface area contributed by atoms with Crippen molar-refractivity contribution >= 4 is 0 Å². The van der Waals surface area contributed by atoms with E-state index in [0.29, 0.717) is 5.92 Å². The van der Waals surface area contributed by atoms with E-state index in [2.05, 4.69) is 15.0 Å². The summed E-state index contributed by atoms with van der Waals surface area (Å²) in [4.78, 5) is 19.0. The van der Waals surface area contributed by atoms with Crippen molar-refractivity contribution in [1.29, 1.82) is 0 Å². The number of hydrogen-bond donors (Lipinski definition) is 0. The van der Waals surface area contributed by atoms with Crippen LogP contribution in [0.1, 0.15) is 44.9 Å². The minimum atomic E-state index is -0.00230. The highest BCUT2D eigenvalue weighted by Crippen LogP contribution is 2.27. The van der Waals surface area contributed by atoms with Crippen LogP contribution in [-0.4, -0.2) is 38.8 Å². The van der Waals surface area contributed by atoms with Crippen LogP contribution in [0.15, 0.2) is 41.5 Å². The van der Waals surface area contributed by atoms with E-state index in [9.17, 15) is 4.79 Å². The summed E-state index contributed by atoms with van der Waals surface area (Å²) in [5.41, 5.74) is 1.84. The Hall–Kier alpha value is -2.01. The molecule has 1 aliphatic carbocycles. The molecule has 0 radical (unpaired) electrons. The van der Waals surface area contributed by atoms with Crippen LogP contribution in [0, 0.1) is 5.92 Å². The van der Waals surface area contributed by atoms with Gasteiger partial charge in [0.15, 0.2) is 0 Å². The number of rotatable bonds is 4. The lowest BCUT2D eigenvalue weighted by atomic mass is 9.90. The first-order chi connectivity index (χ1) is 12.8. The molecule has 1 aliphatic heterocycles. The Morgan fingerprint density at radius 3 is 2.38 bits per heavy atom. The molecule has 2 aliphatic rings. The molecule has 1 saturated carbocycles. The second-order valence-corrected chi connectivity index (χ2v) is 7.75. The highest BCUT2D eigenvalue weighted by Gasteiger charge is 2.26. The summed E-state index contributed by atoms with van der Waals surface area (Å²) < 4.78 is 1.66. The van der Waals surface area contributed by atoms with Crippen molar-refractivity contribution in [2.45, 2.75) is 57.5 Å². The van der Waals surface area contributed by atoms with Gasteiger partial charge in [-0.3, -0.25) is 9.78 Å². The van der Waals surface area contributed by atoms with Crippen molar-refractivity contribution in [1.82, 2.24) is 19.7 Å². The predicted octanol–water partition coefficient (Wildman–Crippen LogP) is 3.35. The second kappa shape index (κ2) is 8.12. The van der Waals surface area contributed by atoms with Gasteiger partial charge in [-0.25, -0.2) is 4.68 Å². The topological polar surface area (TPSA) is 51.0 Å². The number of aromatic nitrogens is 3. The Balaban J connectivity index is 1.39. The van der Waals surface area contributed by atoms with Gasteiger partial charge in [0.2, 0.25) is 0 Å². The molecule has 0 amide bonds. The first-order valence-corrected chi connectivity index (χ1v) is 10.0. The first kappa shape index (κ1) is 17.4. The van der Waals surface area contributed by atoms with Crippen LogP contribution in [0.25, 0.3) is 11.3 Å². The Morgan fingerprint density at radius 2 is 1.65 bits per heavy atom. The zero-order valence-electron chi connectivity index (χ0n) is 15.4. The number of likely N-dealkylation sites (tertiary alicyclic amines) is 1. The summed E-state index contributed by atoms with van der Waals surface area (Å²) in [6, 6.07) is 8.11. The lowest BCUT2D eigenvalue weighted by Crippen LogP contribution is -2.43. The molecule has 5 nitrogen and oxygen atoms in total. The highest BCUT2D eigenvalue weighted by atomic mass is 16.1. The van der Waals surface area contributed by atoms with E-state index in [4.69, 9.17) is 0 Å². The van der Waals surface area contributed by atoms with Gasteiger partial charge in [0.25, 0.3) is 5.56 Å². The van der Waals surface area contributed by atoms with Gasteiger partial charge in [0.1, 0.15) is 0 Å². The van der Waals surface area contributed by atoms with Crippen LogP contribution in [0.2, 0.25) is 0 Å². The third-order valence-corrected chi connectivity index (χ3v) is 6.01. The molecular formula is C21H28N4O. The van der Waals surface area contributed by atoms with E-state index in [1.165, 1.54) is 58.0 Å². The van der Waals surface area contributed by atoms with E-state index >= 15 is 0 Å². The molecule has 4 rings (SSSR count). The van der Waals surface area contributed by atoms with Gasteiger partial charge < -0.3 is 4.90 Å². The summed E-state index contributed by atoms with van der Waals surface area (Å²) in [5, 5.41) is 4.61. The normalized spacial score (nSPS) is 20.3. The molecule has 0 atom stereocenters. The van der Waals surface area contributed by atoms with Crippen LogP contribution in [0.3, 0.4) is 0 Å². The van der Waals surface area contributed by atoms with Gasteiger partial charge in [0.05, 0.1) is 5.69 Å². The molecule has 0 bridgehead atoms. The smallest absolute Gasteiger partial charge is 0.266 e. The minimum absolute atomic E-state index is 0.00230. The molecular weight excluding hydrogens is 324 g/mol. The van der Waals surface area contributed by atoms with Gasteiger partial charge in [-0.2, -0.15) is 5.10 Å². The molecule has 2 aromatic heterocycles. The van der Waals surface area contributed by atoms with E-state index in [1.807, 2.05) is 12.1 Å². The SMILES string of the molecule is O=c1ccc(-c2ccncc2)nn1CC1CCN(C2CCCCC2)CC1. The average Bonchev–Trinajstić information content (AvgIpc) is 2.71. The fourth-order valence-electron chi connectivity index (χ4n) is 4.45. The largest absolute Gasteiger partial charge is 0.300 e.